The Balaban J connectivity index is 1.70. The Hall–Kier alpha value is -2.95. The Bertz CT molecular complexity index is 975. The second-order valence-corrected chi connectivity index (χ2v) is 6.72. The van der Waals surface area contributed by atoms with Crippen LogP contribution in [-0.4, -0.2) is 16.6 Å². The number of carbonyl (C=O) groups excluding carboxylic acids is 1. The summed E-state index contributed by atoms with van der Waals surface area (Å²) >= 11 is 0. The summed E-state index contributed by atoms with van der Waals surface area (Å²) in [4.78, 5) is 16.7. The average Bonchev–Trinajstić information content (AvgIpc) is 3.09. The lowest BCUT2D eigenvalue weighted by atomic mass is 9.82. The average molecular weight is 347 g/mol. The second kappa shape index (κ2) is 6.75. The summed E-state index contributed by atoms with van der Waals surface area (Å²) in [5, 5.41) is 4.32. The van der Waals surface area contributed by atoms with E-state index >= 15 is 0 Å². The first kappa shape index (κ1) is 16.5. The van der Waals surface area contributed by atoms with Gasteiger partial charge in [-0.25, -0.2) is 10.4 Å². The number of hydrazone groups is 1. The maximum atomic E-state index is 12.1. The van der Waals surface area contributed by atoms with Gasteiger partial charge in [0, 0.05) is 23.0 Å². The Labute approximate surface area is 152 Å². The summed E-state index contributed by atoms with van der Waals surface area (Å²) in [7, 11) is 0. The molecule has 1 aromatic heterocycles. The van der Waals surface area contributed by atoms with Gasteiger partial charge in [0.1, 0.15) is 5.52 Å². The number of amides is 1. The Morgan fingerprint density at radius 1 is 1.12 bits per heavy atom. The quantitative estimate of drug-likeness (QED) is 0.761. The van der Waals surface area contributed by atoms with Crippen molar-refractivity contribution in [1.29, 1.82) is 0 Å². The number of carbonyl (C=O) groups is 1. The van der Waals surface area contributed by atoms with Crippen LogP contribution in [0.25, 0.3) is 22.6 Å². The highest BCUT2D eigenvalue weighted by molar-refractivity contribution is 6.07. The van der Waals surface area contributed by atoms with E-state index in [1.807, 2.05) is 48.5 Å². The van der Waals surface area contributed by atoms with Gasteiger partial charge in [-0.1, -0.05) is 44.5 Å². The Kier molecular flexibility index (Phi) is 4.29. The van der Waals surface area contributed by atoms with Crippen LogP contribution in [0.4, 0.5) is 0 Å². The lowest BCUT2D eigenvalue weighted by Crippen LogP contribution is -2.40. The van der Waals surface area contributed by atoms with Gasteiger partial charge < -0.3 is 4.42 Å². The molecule has 0 saturated heterocycles. The standard InChI is InChI=1S/C21H21N3O2/c1-3-7-16-13(2)19(23-24-20(16)25)15-10-11-17-18(12-15)26-21(22-17)14-8-5-4-6-9-14/h4-6,8-13,16H,3,7H2,1-2H3,(H,24,25). The van der Waals surface area contributed by atoms with E-state index in [0.29, 0.717) is 5.89 Å². The van der Waals surface area contributed by atoms with Crippen molar-refractivity contribution >= 4 is 22.7 Å². The molecule has 0 fully saturated rings. The smallest absolute Gasteiger partial charge is 0.243 e. The largest absolute Gasteiger partial charge is 0.436 e. The molecule has 26 heavy (non-hydrogen) atoms. The predicted molar refractivity (Wildman–Crippen MR) is 102 cm³/mol. The van der Waals surface area contributed by atoms with Gasteiger partial charge in [-0.15, -0.1) is 0 Å². The van der Waals surface area contributed by atoms with Gasteiger partial charge in [-0.05, 0) is 30.7 Å². The number of benzene rings is 2. The zero-order chi connectivity index (χ0) is 18.1. The monoisotopic (exact) mass is 347 g/mol. The van der Waals surface area contributed by atoms with Crippen molar-refractivity contribution in [3.05, 3.63) is 54.1 Å². The SMILES string of the molecule is CCCC1C(=O)NN=C(c2ccc3nc(-c4ccccc4)oc3c2)C1C. The summed E-state index contributed by atoms with van der Waals surface area (Å²) in [5.74, 6) is 0.638. The molecule has 0 radical (unpaired) electrons. The summed E-state index contributed by atoms with van der Waals surface area (Å²) < 4.78 is 5.96. The normalized spacial score (nSPS) is 20.1. The summed E-state index contributed by atoms with van der Waals surface area (Å²) in [6, 6.07) is 15.7. The first-order valence-electron chi connectivity index (χ1n) is 9.01. The molecule has 2 unspecified atom stereocenters. The Morgan fingerprint density at radius 2 is 1.92 bits per heavy atom. The van der Waals surface area contributed by atoms with Crippen LogP contribution in [-0.2, 0) is 4.79 Å². The molecule has 1 aliphatic rings. The summed E-state index contributed by atoms with van der Waals surface area (Å²) in [6.45, 7) is 4.16. The van der Waals surface area contributed by atoms with E-state index in [-0.39, 0.29) is 17.7 Å². The van der Waals surface area contributed by atoms with E-state index in [2.05, 4.69) is 29.4 Å². The fraction of sp³-hybridized carbons (Fsp3) is 0.286. The number of aromatic nitrogens is 1. The molecule has 5 nitrogen and oxygen atoms in total. The van der Waals surface area contributed by atoms with E-state index < -0.39 is 0 Å². The van der Waals surface area contributed by atoms with Gasteiger partial charge in [0.2, 0.25) is 11.8 Å². The number of nitrogens with zero attached hydrogens (tertiary/aromatic N) is 2. The summed E-state index contributed by atoms with van der Waals surface area (Å²) in [5.41, 5.74) is 7.01. The van der Waals surface area contributed by atoms with Crippen molar-refractivity contribution in [3.8, 4) is 11.5 Å². The van der Waals surface area contributed by atoms with Gasteiger partial charge in [0.05, 0.1) is 5.71 Å². The van der Waals surface area contributed by atoms with E-state index in [1.165, 1.54) is 0 Å². The highest BCUT2D eigenvalue weighted by Crippen LogP contribution is 2.29. The van der Waals surface area contributed by atoms with Crippen LogP contribution < -0.4 is 5.43 Å². The van der Waals surface area contributed by atoms with Crippen molar-refractivity contribution in [2.45, 2.75) is 26.7 Å². The molecule has 1 amide bonds. The van der Waals surface area contributed by atoms with Crippen LogP contribution in [0.1, 0.15) is 32.3 Å². The number of hydrogen-bond acceptors (Lipinski definition) is 4. The minimum absolute atomic E-state index is 0.00945. The van der Waals surface area contributed by atoms with Crippen molar-refractivity contribution in [2.75, 3.05) is 0 Å². The van der Waals surface area contributed by atoms with Gasteiger partial charge in [0.15, 0.2) is 5.58 Å². The molecule has 0 bridgehead atoms. The lowest BCUT2D eigenvalue weighted by molar-refractivity contribution is -0.126. The molecule has 0 spiro atoms. The lowest BCUT2D eigenvalue weighted by Gasteiger charge is -2.27. The highest BCUT2D eigenvalue weighted by atomic mass is 16.3. The molecule has 2 aromatic carbocycles. The molecule has 1 N–H and O–H groups in total. The van der Waals surface area contributed by atoms with Crippen LogP contribution in [0, 0.1) is 11.8 Å². The zero-order valence-electron chi connectivity index (χ0n) is 14.9. The van der Waals surface area contributed by atoms with Gasteiger partial charge in [0.25, 0.3) is 0 Å². The van der Waals surface area contributed by atoms with Crippen molar-refractivity contribution in [1.82, 2.24) is 10.4 Å². The van der Waals surface area contributed by atoms with E-state index in [1.54, 1.807) is 0 Å². The van der Waals surface area contributed by atoms with E-state index in [9.17, 15) is 4.79 Å². The molecule has 3 aromatic rings. The molecular weight excluding hydrogens is 326 g/mol. The molecule has 0 aliphatic carbocycles. The van der Waals surface area contributed by atoms with Crippen LogP contribution in [0.5, 0.6) is 0 Å². The fourth-order valence-electron chi connectivity index (χ4n) is 3.53. The van der Waals surface area contributed by atoms with Gasteiger partial charge >= 0.3 is 0 Å². The Morgan fingerprint density at radius 3 is 2.69 bits per heavy atom. The molecular formula is C21H21N3O2. The van der Waals surface area contributed by atoms with Gasteiger partial charge in [-0.2, -0.15) is 5.10 Å². The number of nitrogens with one attached hydrogen (secondary N) is 1. The zero-order valence-corrected chi connectivity index (χ0v) is 14.9. The number of hydrogen-bond donors (Lipinski definition) is 1. The molecule has 4 rings (SSSR count). The maximum Gasteiger partial charge on any atom is 0.243 e. The van der Waals surface area contributed by atoms with Crippen LogP contribution in [0.15, 0.2) is 58.0 Å². The third-order valence-electron chi connectivity index (χ3n) is 4.96. The number of fused-ring (bicyclic) bond motifs is 1. The van der Waals surface area contributed by atoms with Crippen LogP contribution >= 0.6 is 0 Å². The van der Waals surface area contributed by atoms with E-state index in [0.717, 1.165) is 40.8 Å². The van der Waals surface area contributed by atoms with Crippen molar-refractivity contribution in [3.63, 3.8) is 0 Å². The van der Waals surface area contributed by atoms with Crippen molar-refractivity contribution < 1.29 is 9.21 Å². The predicted octanol–water partition coefficient (Wildman–Crippen LogP) is 4.38. The minimum Gasteiger partial charge on any atom is -0.436 e. The fourth-order valence-corrected chi connectivity index (χ4v) is 3.53. The van der Waals surface area contributed by atoms with Crippen LogP contribution in [0.2, 0.25) is 0 Å². The number of oxazole rings is 1. The third-order valence-corrected chi connectivity index (χ3v) is 4.96. The first-order valence-corrected chi connectivity index (χ1v) is 9.01. The molecule has 2 atom stereocenters. The highest BCUT2D eigenvalue weighted by Gasteiger charge is 2.32. The first-order chi connectivity index (χ1) is 12.7. The summed E-state index contributed by atoms with van der Waals surface area (Å²) in [6.07, 6.45) is 1.83. The molecule has 132 valence electrons. The number of rotatable bonds is 4. The van der Waals surface area contributed by atoms with Crippen LogP contribution in [0.3, 0.4) is 0 Å². The topological polar surface area (TPSA) is 67.5 Å². The van der Waals surface area contributed by atoms with E-state index in [4.69, 9.17) is 4.42 Å². The molecule has 2 heterocycles. The minimum atomic E-state index is -0.0437. The second-order valence-electron chi connectivity index (χ2n) is 6.72. The third kappa shape index (κ3) is 2.90. The molecule has 5 heteroatoms. The molecule has 1 aliphatic heterocycles. The van der Waals surface area contributed by atoms with Crippen molar-refractivity contribution in [2.24, 2.45) is 16.9 Å². The van der Waals surface area contributed by atoms with Gasteiger partial charge in [-0.3, -0.25) is 4.79 Å². The molecule has 0 saturated carbocycles. The maximum absolute atomic E-state index is 12.1.